The number of benzene rings is 1. The highest BCUT2D eigenvalue weighted by molar-refractivity contribution is 5.73. The van der Waals surface area contributed by atoms with Crippen molar-refractivity contribution in [2.24, 2.45) is 0 Å². The summed E-state index contributed by atoms with van der Waals surface area (Å²) in [6.07, 6.45) is 0. The zero-order valence-corrected chi connectivity index (χ0v) is 12.5. The number of nitrogens with zero attached hydrogens (tertiary/aromatic N) is 2. The van der Waals surface area contributed by atoms with Crippen LogP contribution in [0.2, 0.25) is 0 Å². The lowest BCUT2D eigenvalue weighted by molar-refractivity contribution is -0.119. The number of nitrogens with one attached hydrogen (secondary N) is 2. The normalized spacial score (nSPS) is 13.2. The van der Waals surface area contributed by atoms with E-state index in [-0.39, 0.29) is 18.0 Å². The summed E-state index contributed by atoms with van der Waals surface area (Å²) in [7, 11) is 3.95. The van der Waals surface area contributed by atoms with Gasteiger partial charge in [0.25, 0.3) is 0 Å². The number of hydrogen-bond acceptors (Lipinski definition) is 4. The van der Waals surface area contributed by atoms with Gasteiger partial charge in [-0.15, -0.1) is 0 Å². The molecule has 1 rings (SSSR count). The molecule has 0 aliphatic heterocycles. The standard InChI is InChI=1S/C15H22N4O/c1-11(18-12(2)20)10-17-15(9-16)13-5-7-14(8-6-13)19(3)4/h5-8,11,15,17H,10H2,1-4H3,(H,18,20). The highest BCUT2D eigenvalue weighted by Gasteiger charge is 2.12. The smallest absolute Gasteiger partial charge is 0.217 e. The van der Waals surface area contributed by atoms with Crippen LogP contribution in [-0.2, 0) is 4.79 Å². The van der Waals surface area contributed by atoms with Gasteiger partial charge < -0.3 is 10.2 Å². The molecular formula is C15H22N4O. The zero-order valence-electron chi connectivity index (χ0n) is 12.5. The highest BCUT2D eigenvalue weighted by Crippen LogP contribution is 2.17. The van der Waals surface area contributed by atoms with Gasteiger partial charge in [0, 0.05) is 39.3 Å². The van der Waals surface area contributed by atoms with E-state index in [1.807, 2.05) is 50.2 Å². The zero-order chi connectivity index (χ0) is 15.1. The van der Waals surface area contributed by atoms with Crippen LogP contribution in [0.4, 0.5) is 5.69 Å². The molecule has 0 aliphatic rings. The van der Waals surface area contributed by atoms with Gasteiger partial charge in [0.05, 0.1) is 6.07 Å². The number of rotatable bonds is 6. The van der Waals surface area contributed by atoms with Crippen LogP contribution in [-0.4, -0.2) is 32.6 Å². The summed E-state index contributed by atoms with van der Waals surface area (Å²) < 4.78 is 0. The summed E-state index contributed by atoms with van der Waals surface area (Å²) in [5.41, 5.74) is 2.02. The molecule has 0 aliphatic carbocycles. The molecule has 108 valence electrons. The van der Waals surface area contributed by atoms with Crippen molar-refractivity contribution >= 4 is 11.6 Å². The Morgan fingerprint density at radius 2 is 1.95 bits per heavy atom. The van der Waals surface area contributed by atoms with E-state index in [4.69, 9.17) is 0 Å². The van der Waals surface area contributed by atoms with E-state index in [1.165, 1.54) is 6.92 Å². The fourth-order valence-electron chi connectivity index (χ4n) is 1.90. The number of amides is 1. The molecule has 1 aromatic carbocycles. The van der Waals surface area contributed by atoms with E-state index in [1.54, 1.807) is 0 Å². The van der Waals surface area contributed by atoms with Crippen molar-refractivity contribution in [3.8, 4) is 6.07 Å². The summed E-state index contributed by atoms with van der Waals surface area (Å²) in [6.45, 7) is 3.93. The Morgan fingerprint density at radius 1 is 1.35 bits per heavy atom. The maximum Gasteiger partial charge on any atom is 0.217 e. The first-order chi connectivity index (χ1) is 9.43. The third-order valence-electron chi connectivity index (χ3n) is 2.95. The van der Waals surface area contributed by atoms with Gasteiger partial charge in [-0.1, -0.05) is 12.1 Å². The summed E-state index contributed by atoms with van der Waals surface area (Å²) in [5.74, 6) is -0.0665. The van der Waals surface area contributed by atoms with Crippen LogP contribution in [0.15, 0.2) is 24.3 Å². The van der Waals surface area contributed by atoms with E-state index in [0.717, 1.165) is 11.3 Å². The molecule has 2 N–H and O–H groups in total. The molecule has 5 nitrogen and oxygen atoms in total. The molecule has 20 heavy (non-hydrogen) atoms. The predicted octanol–water partition coefficient (Wildman–Crippen LogP) is 1.43. The van der Waals surface area contributed by atoms with Crippen molar-refractivity contribution in [2.75, 3.05) is 25.5 Å². The maximum atomic E-state index is 10.9. The Morgan fingerprint density at radius 3 is 2.40 bits per heavy atom. The number of hydrogen-bond donors (Lipinski definition) is 2. The van der Waals surface area contributed by atoms with Crippen LogP contribution in [0.3, 0.4) is 0 Å². The first kappa shape index (κ1) is 16.0. The van der Waals surface area contributed by atoms with E-state index in [2.05, 4.69) is 16.7 Å². The summed E-state index contributed by atoms with van der Waals surface area (Å²) in [6, 6.07) is 9.71. The van der Waals surface area contributed by atoms with Crippen molar-refractivity contribution in [2.45, 2.75) is 25.9 Å². The Balaban J connectivity index is 2.62. The molecule has 0 radical (unpaired) electrons. The van der Waals surface area contributed by atoms with Crippen LogP contribution in [0.5, 0.6) is 0 Å². The van der Waals surface area contributed by atoms with E-state index in [9.17, 15) is 10.1 Å². The van der Waals surface area contributed by atoms with Crippen molar-refractivity contribution in [1.29, 1.82) is 5.26 Å². The van der Waals surface area contributed by atoms with Gasteiger partial charge in [0.1, 0.15) is 6.04 Å². The Kier molecular flexibility index (Phi) is 6.01. The fourth-order valence-corrected chi connectivity index (χ4v) is 1.90. The summed E-state index contributed by atoms with van der Waals surface area (Å²) in [5, 5.41) is 15.2. The van der Waals surface area contributed by atoms with Crippen molar-refractivity contribution in [3.63, 3.8) is 0 Å². The lowest BCUT2D eigenvalue weighted by Crippen LogP contribution is -2.39. The number of carbonyl (C=O) groups is 1. The first-order valence-corrected chi connectivity index (χ1v) is 6.61. The molecule has 0 heterocycles. The molecule has 2 unspecified atom stereocenters. The van der Waals surface area contributed by atoms with Crippen LogP contribution in [0, 0.1) is 11.3 Å². The monoisotopic (exact) mass is 274 g/mol. The topological polar surface area (TPSA) is 68.2 Å². The lowest BCUT2D eigenvalue weighted by Gasteiger charge is -2.18. The molecule has 0 saturated carbocycles. The largest absolute Gasteiger partial charge is 0.378 e. The van der Waals surface area contributed by atoms with Gasteiger partial charge in [0.2, 0.25) is 5.91 Å². The van der Waals surface area contributed by atoms with Crippen LogP contribution >= 0.6 is 0 Å². The van der Waals surface area contributed by atoms with Gasteiger partial charge >= 0.3 is 0 Å². The van der Waals surface area contributed by atoms with Gasteiger partial charge in [-0.2, -0.15) is 5.26 Å². The van der Waals surface area contributed by atoms with E-state index in [0.29, 0.717) is 6.54 Å². The molecule has 1 amide bonds. The van der Waals surface area contributed by atoms with Crippen LogP contribution < -0.4 is 15.5 Å². The Hall–Kier alpha value is -2.06. The minimum atomic E-state index is -0.373. The average molecular weight is 274 g/mol. The van der Waals surface area contributed by atoms with Crippen molar-refractivity contribution in [1.82, 2.24) is 10.6 Å². The maximum absolute atomic E-state index is 10.9. The molecule has 2 atom stereocenters. The Labute approximate surface area is 120 Å². The molecule has 0 bridgehead atoms. The molecule has 0 aromatic heterocycles. The van der Waals surface area contributed by atoms with Gasteiger partial charge in [-0.05, 0) is 24.6 Å². The molecular weight excluding hydrogens is 252 g/mol. The first-order valence-electron chi connectivity index (χ1n) is 6.61. The third kappa shape index (κ3) is 4.90. The number of anilines is 1. The second kappa shape index (κ2) is 7.51. The highest BCUT2D eigenvalue weighted by atomic mass is 16.1. The molecule has 5 heteroatoms. The van der Waals surface area contributed by atoms with Crippen LogP contribution in [0.1, 0.15) is 25.5 Å². The molecule has 0 fully saturated rings. The summed E-state index contributed by atoms with van der Waals surface area (Å²) in [4.78, 5) is 12.9. The molecule has 0 spiro atoms. The summed E-state index contributed by atoms with van der Waals surface area (Å²) >= 11 is 0. The van der Waals surface area contributed by atoms with Crippen LogP contribution in [0.25, 0.3) is 0 Å². The lowest BCUT2D eigenvalue weighted by atomic mass is 10.1. The van der Waals surface area contributed by atoms with E-state index < -0.39 is 0 Å². The fraction of sp³-hybridized carbons (Fsp3) is 0.467. The predicted molar refractivity (Wildman–Crippen MR) is 80.4 cm³/mol. The average Bonchev–Trinajstić information content (AvgIpc) is 2.39. The SMILES string of the molecule is CC(=O)NC(C)CNC(C#N)c1ccc(N(C)C)cc1. The van der Waals surface area contributed by atoms with E-state index >= 15 is 0 Å². The van der Waals surface area contributed by atoms with Crippen molar-refractivity contribution in [3.05, 3.63) is 29.8 Å². The van der Waals surface area contributed by atoms with Gasteiger partial charge in [0.15, 0.2) is 0 Å². The number of nitriles is 1. The second-order valence-corrected chi connectivity index (χ2v) is 5.06. The molecule has 0 saturated heterocycles. The van der Waals surface area contributed by atoms with Gasteiger partial charge in [-0.25, -0.2) is 0 Å². The Bertz CT molecular complexity index is 476. The second-order valence-electron chi connectivity index (χ2n) is 5.06. The number of carbonyl (C=O) groups excluding carboxylic acids is 1. The van der Waals surface area contributed by atoms with Crippen molar-refractivity contribution < 1.29 is 4.79 Å². The minimum absolute atomic E-state index is 0.00982. The van der Waals surface area contributed by atoms with Gasteiger partial charge in [-0.3, -0.25) is 10.1 Å². The quantitative estimate of drug-likeness (QED) is 0.823. The third-order valence-corrected chi connectivity index (χ3v) is 2.95. The minimum Gasteiger partial charge on any atom is -0.378 e. The molecule has 1 aromatic rings.